The lowest BCUT2D eigenvalue weighted by Gasteiger charge is -2.06. The summed E-state index contributed by atoms with van der Waals surface area (Å²) in [7, 11) is -3.23. The lowest BCUT2D eigenvalue weighted by atomic mass is 10.1. The van der Waals surface area contributed by atoms with Crippen LogP contribution in [0.25, 0.3) is 0 Å². The van der Waals surface area contributed by atoms with E-state index < -0.39 is 22.6 Å². The number of halogens is 1. The Bertz CT molecular complexity index is 411. The lowest BCUT2D eigenvalue weighted by molar-refractivity contribution is 0.180. The van der Waals surface area contributed by atoms with Gasteiger partial charge in [0.15, 0.2) is 9.84 Å². The van der Waals surface area contributed by atoms with Crippen molar-refractivity contribution in [1.29, 1.82) is 0 Å². The van der Waals surface area contributed by atoms with E-state index in [1.165, 1.54) is 24.3 Å². The molecule has 0 fully saturated rings. The molecule has 3 nitrogen and oxygen atoms in total. The molecular formula is C10H13FO3S. The van der Waals surface area contributed by atoms with Gasteiger partial charge in [-0.2, -0.15) is 0 Å². The SMILES string of the molecule is CCS(=O)(=O)c1ccc(C(F)CO)cc1. The molecule has 0 aromatic heterocycles. The predicted octanol–water partition coefficient (Wildman–Crippen LogP) is 1.48. The number of alkyl halides is 1. The number of aliphatic hydroxyl groups excluding tert-OH is 1. The van der Waals surface area contributed by atoms with Gasteiger partial charge in [-0.1, -0.05) is 19.1 Å². The molecule has 0 heterocycles. The fraction of sp³-hybridized carbons (Fsp3) is 0.400. The third-order valence-electron chi connectivity index (χ3n) is 2.14. The molecule has 1 atom stereocenters. The van der Waals surface area contributed by atoms with Gasteiger partial charge in [0.2, 0.25) is 0 Å². The fourth-order valence-corrected chi connectivity index (χ4v) is 2.04. The topological polar surface area (TPSA) is 54.4 Å². The smallest absolute Gasteiger partial charge is 0.178 e. The van der Waals surface area contributed by atoms with Crippen LogP contribution in [-0.4, -0.2) is 25.9 Å². The molecule has 0 spiro atoms. The monoisotopic (exact) mass is 232 g/mol. The zero-order valence-corrected chi connectivity index (χ0v) is 9.17. The minimum absolute atomic E-state index is 0.0192. The summed E-state index contributed by atoms with van der Waals surface area (Å²) < 4.78 is 35.8. The molecule has 0 saturated carbocycles. The van der Waals surface area contributed by atoms with E-state index in [9.17, 15) is 12.8 Å². The predicted molar refractivity (Wildman–Crippen MR) is 55.1 cm³/mol. The van der Waals surface area contributed by atoms with E-state index >= 15 is 0 Å². The summed E-state index contributed by atoms with van der Waals surface area (Å²) in [6.45, 7) is 0.953. The average Bonchev–Trinajstić information content (AvgIpc) is 2.28. The maximum atomic E-state index is 13.0. The largest absolute Gasteiger partial charge is 0.393 e. The second-order valence-corrected chi connectivity index (χ2v) is 5.40. The van der Waals surface area contributed by atoms with Crippen LogP contribution in [0.1, 0.15) is 18.7 Å². The first-order valence-electron chi connectivity index (χ1n) is 4.59. The van der Waals surface area contributed by atoms with Crippen LogP contribution in [0.4, 0.5) is 4.39 Å². The van der Waals surface area contributed by atoms with Gasteiger partial charge in [-0.15, -0.1) is 0 Å². The van der Waals surface area contributed by atoms with E-state index in [0.29, 0.717) is 0 Å². The van der Waals surface area contributed by atoms with E-state index in [1.54, 1.807) is 6.92 Å². The Kier molecular flexibility index (Phi) is 3.82. The Morgan fingerprint density at radius 2 is 1.87 bits per heavy atom. The maximum absolute atomic E-state index is 13.0. The molecular weight excluding hydrogens is 219 g/mol. The molecule has 1 N–H and O–H groups in total. The Morgan fingerprint density at radius 1 is 1.33 bits per heavy atom. The number of hydrogen-bond acceptors (Lipinski definition) is 3. The zero-order chi connectivity index (χ0) is 11.5. The van der Waals surface area contributed by atoms with Gasteiger partial charge in [-0.3, -0.25) is 0 Å². The third-order valence-corrected chi connectivity index (χ3v) is 3.89. The highest BCUT2D eigenvalue weighted by atomic mass is 32.2. The molecule has 1 unspecified atom stereocenters. The Hall–Kier alpha value is -0.940. The third kappa shape index (κ3) is 2.76. The number of benzene rings is 1. The van der Waals surface area contributed by atoms with E-state index in [4.69, 9.17) is 5.11 Å². The lowest BCUT2D eigenvalue weighted by Crippen LogP contribution is -2.04. The van der Waals surface area contributed by atoms with E-state index in [-0.39, 0.29) is 16.2 Å². The first-order chi connectivity index (χ1) is 7.01. The summed E-state index contributed by atoms with van der Waals surface area (Å²) >= 11 is 0. The minimum Gasteiger partial charge on any atom is -0.393 e. The zero-order valence-electron chi connectivity index (χ0n) is 8.35. The summed E-state index contributed by atoms with van der Waals surface area (Å²) in [5.74, 6) is 0.0192. The van der Waals surface area contributed by atoms with Crippen molar-refractivity contribution in [2.75, 3.05) is 12.4 Å². The van der Waals surface area contributed by atoms with E-state index in [2.05, 4.69) is 0 Å². The van der Waals surface area contributed by atoms with Crippen LogP contribution in [0.3, 0.4) is 0 Å². The molecule has 0 saturated heterocycles. The molecule has 15 heavy (non-hydrogen) atoms. The molecule has 1 aromatic carbocycles. The van der Waals surface area contributed by atoms with Gasteiger partial charge in [0.25, 0.3) is 0 Å². The van der Waals surface area contributed by atoms with Gasteiger partial charge >= 0.3 is 0 Å². The van der Waals surface area contributed by atoms with Crippen molar-refractivity contribution >= 4 is 9.84 Å². The highest BCUT2D eigenvalue weighted by Crippen LogP contribution is 2.19. The van der Waals surface area contributed by atoms with Crippen molar-refractivity contribution < 1.29 is 17.9 Å². The van der Waals surface area contributed by atoms with Gasteiger partial charge in [-0.05, 0) is 17.7 Å². The van der Waals surface area contributed by atoms with Gasteiger partial charge < -0.3 is 5.11 Å². The number of sulfone groups is 1. The molecule has 0 radical (unpaired) electrons. The van der Waals surface area contributed by atoms with Gasteiger partial charge in [-0.25, -0.2) is 12.8 Å². The van der Waals surface area contributed by atoms with Crippen LogP contribution in [0.15, 0.2) is 29.2 Å². The molecule has 0 aliphatic carbocycles. The highest BCUT2D eigenvalue weighted by Gasteiger charge is 2.13. The number of hydrogen-bond donors (Lipinski definition) is 1. The highest BCUT2D eigenvalue weighted by molar-refractivity contribution is 7.91. The molecule has 84 valence electrons. The first kappa shape index (κ1) is 12.1. The second-order valence-electron chi connectivity index (χ2n) is 3.12. The molecule has 0 bridgehead atoms. The van der Waals surface area contributed by atoms with Gasteiger partial charge in [0.05, 0.1) is 17.3 Å². The molecule has 0 aliphatic rings. The summed E-state index contributed by atoms with van der Waals surface area (Å²) in [4.78, 5) is 0.180. The van der Waals surface area contributed by atoms with Crippen LogP contribution in [0.5, 0.6) is 0 Å². The minimum atomic E-state index is -3.23. The normalized spacial score (nSPS) is 13.8. The Balaban J connectivity index is 3.00. The van der Waals surface area contributed by atoms with Gasteiger partial charge in [0, 0.05) is 0 Å². The Labute approximate surface area is 88.5 Å². The summed E-state index contributed by atoms with van der Waals surface area (Å²) in [5, 5.41) is 8.57. The summed E-state index contributed by atoms with van der Waals surface area (Å²) in [6, 6.07) is 5.47. The van der Waals surface area contributed by atoms with Crippen LogP contribution >= 0.6 is 0 Å². The van der Waals surface area contributed by atoms with Crippen LogP contribution in [-0.2, 0) is 9.84 Å². The van der Waals surface area contributed by atoms with Crippen molar-refractivity contribution in [2.45, 2.75) is 18.0 Å². The average molecular weight is 232 g/mol. The standard InChI is InChI=1S/C10H13FO3S/c1-2-15(13,14)9-5-3-8(4-6-9)10(11)7-12/h3-6,10,12H,2,7H2,1H3. The maximum Gasteiger partial charge on any atom is 0.178 e. The summed E-state index contributed by atoms with van der Waals surface area (Å²) in [6.07, 6.45) is -1.46. The first-order valence-corrected chi connectivity index (χ1v) is 6.24. The quantitative estimate of drug-likeness (QED) is 0.855. The molecule has 0 amide bonds. The molecule has 5 heteroatoms. The van der Waals surface area contributed by atoms with Gasteiger partial charge in [0.1, 0.15) is 6.17 Å². The number of aliphatic hydroxyl groups is 1. The molecule has 1 rings (SSSR count). The van der Waals surface area contributed by atoms with Crippen LogP contribution in [0.2, 0.25) is 0 Å². The summed E-state index contributed by atoms with van der Waals surface area (Å²) in [5.41, 5.74) is 0.285. The van der Waals surface area contributed by atoms with Crippen molar-refractivity contribution in [3.63, 3.8) is 0 Å². The van der Waals surface area contributed by atoms with Crippen molar-refractivity contribution in [1.82, 2.24) is 0 Å². The fourth-order valence-electron chi connectivity index (χ4n) is 1.16. The molecule has 0 aliphatic heterocycles. The number of rotatable bonds is 4. The Morgan fingerprint density at radius 3 is 2.27 bits per heavy atom. The molecule has 1 aromatic rings. The van der Waals surface area contributed by atoms with Crippen LogP contribution in [0, 0.1) is 0 Å². The second kappa shape index (κ2) is 4.72. The van der Waals surface area contributed by atoms with Crippen LogP contribution < -0.4 is 0 Å². The van der Waals surface area contributed by atoms with E-state index in [1.807, 2.05) is 0 Å². The van der Waals surface area contributed by atoms with E-state index in [0.717, 1.165) is 0 Å². The van der Waals surface area contributed by atoms with Crippen molar-refractivity contribution in [3.05, 3.63) is 29.8 Å². The van der Waals surface area contributed by atoms with Crippen molar-refractivity contribution in [3.8, 4) is 0 Å². The van der Waals surface area contributed by atoms with Crippen molar-refractivity contribution in [2.24, 2.45) is 0 Å².